The third kappa shape index (κ3) is 7.99. The lowest BCUT2D eigenvalue weighted by molar-refractivity contribution is 0.569. The quantitative estimate of drug-likeness (QED) is 0.147. The molecule has 0 saturated carbocycles. The number of para-hydroxylation sites is 2. The van der Waals surface area contributed by atoms with Crippen molar-refractivity contribution < 1.29 is 0 Å². The van der Waals surface area contributed by atoms with Gasteiger partial charge in [-0.05, 0) is 114 Å². The second-order valence-electron chi connectivity index (χ2n) is 20.1. The predicted octanol–water partition coefficient (Wildman–Crippen LogP) is 19.6. The monoisotopic (exact) mass is 893 g/mol. The van der Waals surface area contributed by atoms with Crippen LogP contribution in [-0.2, 0) is 10.8 Å². The molecule has 0 spiro atoms. The maximum atomic E-state index is 2.50. The molecule has 0 aliphatic carbocycles. The molecule has 0 amide bonds. The highest BCUT2D eigenvalue weighted by Crippen LogP contribution is 2.49. The van der Waals surface area contributed by atoms with E-state index in [9.17, 15) is 0 Å². The predicted molar refractivity (Wildman–Crippen MR) is 296 cm³/mol. The molecule has 11 rings (SSSR count). The average molecular weight is 894 g/mol. The van der Waals surface area contributed by atoms with Crippen LogP contribution in [0.2, 0.25) is 0 Å². The molecule has 0 fully saturated rings. The molecule has 0 aliphatic heterocycles. The molecule has 0 aliphatic rings. The van der Waals surface area contributed by atoms with Crippen LogP contribution in [0, 0.1) is 0 Å². The summed E-state index contributed by atoms with van der Waals surface area (Å²) in [5.41, 5.74) is 18.0. The van der Waals surface area contributed by atoms with Crippen LogP contribution in [0.4, 0.5) is 17.1 Å². The highest BCUT2D eigenvalue weighted by atomic mass is 32.1. The van der Waals surface area contributed by atoms with E-state index >= 15 is 0 Å². The van der Waals surface area contributed by atoms with E-state index in [1.54, 1.807) is 0 Å². The van der Waals surface area contributed by atoms with Crippen molar-refractivity contribution in [2.24, 2.45) is 0 Å². The Hall–Kier alpha value is -7.52. The first-order valence-corrected chi connectivity index (χ1v) is 24.6. The van der Waals surface area contributed by atoms with Gasteiger partial charge in [-0.3, -0.25) is 0 Å². The van der Waals surface area contributed by atoms with Crippen LogP contribution in [0.3, 0.4) is 0 Å². The summed E-state index contributed by atoms with van der Waals surface area (Å²) < 4.78 is 2.61. The first kappa shape index (κ1) is 43.1. The summed E-state index contributed by atoms with van der Waals surface area (Å²) in [5, 5.41) is 5.08. The van der Waals surface area contributed by atoms with E-state index in [2.05, 4.69) is 271 Å². The molecule has 0 atom stereocenters. The zero-order valence-corrected chi connectivity index (χ0v) is 40.5. The van der Waals surface area contributed by atoms with Crippen molar-refractivity contribution in [2.75, 3.05) is 4.90 Å². The Morgan fingerprint density at radius 1 is 0.324 bits per heavy atom. The Morgan fingerprint density at radius 2 is 0.824 bits per heavy atom. The summed E-state index contributed by atoms with van der Waals surface area (Å²) in [5.74, 6) is 0. The van der Waals surface area contributed by atoms with Gasteiger partial charge in [0.1, 0.15) is 0 Å². The van der Waals surface area contributed by atoms with Crippen LogP contribution >= 0.6 is 11.3 Å². The van der Waals surface area contributed by atoms with Crippen LogP contribution in [0.5, 0.6) is 0 Å². The molecule has 0 N–H and O–H groups in total. The minimum Gasteiger partial charge on any atom is -0.309 e. The summed E-state index contributed by atoms with van der Waals surface area (Å²) in [6, 6.07) is 83.3. The number of thiophene rings is 1. The van der Waals surface area contributed by atoms with Gasteiger partial charge in [0.2, 0.25) is 0 Å². The van der Waals surface area contributed by atoms with Crippen LogP contribution in [-0.4, -0.2) is 0 Å². The van der Waals surface area contributed by atoms with Gasteiger partial charge in [0.15, 0.2) is 0 Å². The molecule has 1 aromatic heterocycles. The summed E-state index contributed by atoms with van der Waals surface area (Å²) in [6.45, 7) is 13.9. The SMILES string of the molecule is CC(C)(C)c1cc(-c2cccc3cccc(-c4ccccc4N(c4cccc(-c5cccc6sc7ccccc7c56)c4)c4ccccc4-c4ccc(-c5ccccc5)cc4)c23)cc(C(C)(C)C)c1. The lowest BCUT2D eigenvalue weighted by Crippen LogP contribution is -2.16. The average Bonchev–Trinajstić information content (AvgIpc) is 3.75. The van der Waals surface area contributed by atoms with E-state index in [0.717, 1.165) is 28.2 Å². The molecule has 1 heterocycles. The Kier molecular flexibility index (Phi) is 10.9. The van der Waals surface area contributed by atoms with Crippen molar-refractivity contribution in [3.05, 3.63) is 236 Å². The molecule has 0 radical (unpaired) electrons. The van der Waals surface area contributed by atoms with Crippen molar-refractivity contribution in [1.82, 2.24) is 0 Å². The van der Waals surface area contributed by atoms with Gasteiger partial charge in [0.05, 0.1) is 11.4 Å². The van der Waals surface area contributed by atoms with E-state index in [1.165, 1.54) is 86.6 Å². The first-order chi connectivity index (χ1) is 33.0. The summed E-state index contributed by atoms with van der Waals surface area (Å²) in [7, 11) is 0. The topological polar surface area (TPSA) is 3.24 Å². The number of anilines is 3. The van der Waals surface area contributed by atoms with Crippen molar-refractivity contribution >= 4 is 59.3 Å². The van der Waals surface area contributed by atoms with Gasteiger partial charge in [-0.25, -0.2) is 0 Å². The molecule has 2 heteroatoms. The van der Waals surface area contributed by atoms with Crippen LogP contribution in [0.25, 0.3) is 86.6 Å². The van der Waals surface area contributed by atoms with Gasteiger partial charge in [-0.2, -0.15) is 0 Å². The van der Waals surface area contributed by atoms with Crippen molar-refractivity contribution in [3.63, 3.8) is 0 Å². The van der Waals surface area contributed by atoms with Gasteiger partial charge >= 0.3 is 0 Å². The highest BCUT2D eigenvalue weighted by molar-refractivity contribution is 7.25. The maximum Gasteiger partial charge on any atom is 0.0540 e. The molecule has 68 heavy (non-hydrogen) atoms. The molecule has 0 bridgehead atoms. The number of hydrogen-bond donors (Lipinski definition) is 0. The van der Waals surface area contributed by atoms with E-state index < -0.39 is 0 Å². The van der Waals surface area contributed by atoms with Crippen molar-refractivity contribution in [3.8, 4) is 55.6 Å². The van der Waals surface area contributed by atoms with Gasteiger partial charge in [0.25, 0.3) is 0 Å². The molecule has 0 unspecified atom stereocenters. The smallest absolute Gasteiger partial charge is 0.0540 e. The van der Waals surface area contributed by atoms with Gasteiger partial charge < -0.3 is 4.90 Å². The molecule has 1 nitrogen and oxygen atoms in total. The molecule has 11 aromatic rings. The fraction of sp³-hybridized carbons (Fsp3) is 0.121. The van der Waals surface area contributed by atoms with E-state index in [4.69, 9.17) is 0 Å². The second-order valence-corrected chi connectivity index (χ2v) is 21.2. The van der Waals surface area contributed by atoms with E-state index in [-0.39, 0.29) is 10.8 Å². The van der Waals surface area contributed by atoms with Gasteiger partial charge in [0, 0.05) is 37.0 Å². The van der Waals surface area contributed by atoms with Crippen molar-refractivity contribution in [1.29, 1.82) is 0 Å². The van der Waals surface area contributed by atoms with Crippen LogP contribution < -0.4 is 4.90 Å². The zero-order chi connectivity index (χ0) is 46.6. The Morgan fingerprint density at radius 3 is 1.53 bits per heavy atom. The zero-order valence-electron chi connectivity index (χ0n) is 39.7. The third-order valence-corrected chi connectivity index (χ3v) is 14.7. The minimum absolute atomic E-state index is 0.0115. The van der Waals surface area contributed by atoms with Gasteiger partial charge in [-0.15, -0.1) is 11.3 Å². The number of rotatable bonds is 8. The Balaban J connectivity index is 1.15. The third-order valence-electron chi connectivity index (χ3n) is 13.6. The molecule has 0 saturated heterocycles. The van der Waals surface area contributed by atoms with E-state index in [1.807, 2.05) is 11.3 Å². The summed E-state index contributed by atoms with van der Waals surface area (Å²) in [6.07, 6.45) is 0. The molecule has 330 valence electrons. The lowest BCUT2D eigenvalue weighted by Gasteiger charge is -2.31. The fourth-order valence-electron chi connectivity index (χ4n) is 9.97. The molecular formula is C66H55NS. The van der Waals surface area contributed by atoms with E-state index in [0.29, 0.717) is 0 Å². The highest BCUT2D eigenvalue weighted by Gasteiger charge is 2.25. The largest absolute Gasteiger partial charge is 0.309 e. The lowest BCUT2D eigenvalue weighted by atomic mass is 9.78. The fourth-order valence-corrected chi connectivity index (χ4v) is 11.1. The van der Waals surface area contributed by atoms with Gasteiger partial charge in [-0.1, -0.05) is 230 Å². The molecule has 10 aromatic carbocycles. The number of fused-ring (bicyclic) bond motifs is 4. The summed E-state index contributed by atoms with van der Waals surface area (Å²) in [4.78, 5) is 2.50. The first-order valence-electron chi connectivity index (χ1n) is 23.8. The minimum atomic E-state index is -0.0115. The number of hydrogen-bond acceptors (Lipinski definition) is 2. The number of nitrogens with zero attached hydrogens (tertiary/aromatic N) is 1. The summed E-state index contributed by atoms with van der Waals surface area (Å²) >= 11 is 1.87. The normalized spacial score (nSPS) is 12.0. The standard InChI is InChI=1S/C66H55NS/c1-65(2,3)50-40-49(41-51(43-50)66(4,5)6)55-29-17-22-47-23-18-31-57(63(47)55)56-27-11-14-33-60(56)67(59-32-13-10-26-53(59)46-38-36-45(37-39-46)44-20-8-7-9-21-44)52-25-16-24-48(42-52)54-30-19-35-62-64(54)58-28-12-15-34-61(58)68-62/h7-43H,1-6H3. The second kappa shape index (κ2) is 17.3. The number of benzene rings is 10. The molecular weight excluding hydrogens is 839 g/mol. The Bertz CT molecular complexity index is 3600. The Labute approximate surface area is 405 Å². The van der Waals surface area contributed by atoms with Crippen molar-refractivity contribution in [2.45, 2.75) is 52.4 Å². The van der Waals surface area contributed by atoms with Crippen LogP contribution in [0.15, 0.2) is 224 Å². The van der Waals surface area contributed by atoms with Crippen LogP contribution in [0.1, 0.15) is 52.7 Å². The maximum absolute atomic E-state index is 2.50.